The maximum Gasteiger partial charge on any atom is 0.409 e. The number of methoxy groups -OCH3 is 1. The average molecular weight is 353 g/mol. The maximum absolute atomic E-state index is 11.6. The van der Waals surface area contributed by atoms with E-state index in [1.54, 1.807) is 0 Å². The van der Waals surface area contributed by atoms with Gasteiger partial charge in [0.15, 0.2) is 0 Å². The first-order valence-corrected chi connectivity index (χ1v) is 9.48. The number of piperidine rings is 1. The van der Waals surface area contributed by atoms with Gasteiger partial charge in [0.1, 0.15) is 0 Å². The fraction of sp³-hybridized carbons (Fsp3) is 0.476. The summed E-state index contributed by atoms with van der Waals surface area (Å²) in [5.74, 6) is 0. The predicted octanol–water partition coefficient (Wildman–Crippen LogP) is 3.50. The third-order valence-electron chi connectivity index (χ3n) is 5.90. The molecule has 2 aromatic rings. The van der Waals surface area contributed by atoms with Gasteiger partial charge < -0.3 is 14.2 Å². The minimum absolute atomic E-state index is 0.194. The number of benzene rings is 1. The normalized spacial score (nSPS) is 19.6. The first-order valence-electron chi connectivity index (χ1n) is 9.48. The number of likely N-dealkylation sites (tertiary alicyclic amines) is 1. The Morgan fingerprint density at radius 3 is 2.62 bits per heavy atom. The van der Waals surface area contributed by atoms with Crippen molar-refractivity contribution in [3.8, 4) is 0 Å². The van der Waals surface area contributed by atoms with Crippen LogP contribution in [0, 0.1) is 0 Å². The van der Waals surface area contributed by atoms with Crippen LogP contribution < -0.4 is 0 Å². The van der Waals surface area contributed by atoms with Crippen LogP contribution in [-0.2, 0) is 11.8 Å². The SMILES string of the molecule is COC(=O)N1CCC(N2CC=C(c3cn(C)c4ccccc34)CC2)CC1. The molecule has 3 heterocycles. The molecule has 4 rings (SSSR count). The molecule has 1 aromatic heterocycles. The zero-order valence-electron chi connectivity index (χ0n) is 15.6. The van der Waals surface area contributed by atoms with E-state index in [1.165, 1.54) is 29.1 Å². The topological polar surface area (TPSA) is 37.7 Å². The van der Waals surface area contributed by atoms with E-state index < -0.39 is 0 Å². The smallest absolute Gasteiger partial charge is 0.409 e. The lowest BCUT2D eigenvalue weighted by Crippen LogP contribution is -2.47. The Hall–Kier alpha value is -2.27. The van der Waals surface area contributed by atoms with Gasteiger partial charge in [-0.2, -0.15) is 0 Å². The lowest BCUT2D eigenvalue weighted by Gasteiger charge is -2.39. The number of fused-ring (bicyclic) bond motifs is 1. The van der Waals surface area contributed by atoms with Crippen LogP contribution in [0.2, 0.25) is 0 Å². The van der Waals surface area contributed by atoms with Crippen LogP contribution in [0.25, 0.3) is 16.5 Å². The number of hydrogen-bond acceptors (Lipinski definition) is 3. The number of hydrogen-bond donors (Lipinski definition) is 0. The van der Waals surface area contributed by atoms with E-state index in [2.05, 4.69) is 53.1 Å². The fourth-order valence-corrected chi connectivity index (χ4v) is 4.40. The highest BCUT2D eigenvalue weighted by Gasteiger charge is 2.28. The van der Waals surface area contributed by atoms with Gasteiger partial charge in [0.05, 0.1) is 7.11 Å². The van der Waals surface area contributed by atoms with E-state index in [0.29, 0.717) is 6.04 Å². The molecule has 0 bridgehead atoms. The molecular weight excluding hydrogens is 326 g/mol. The van der Waals surface area contributed by atoms with Crippen LogP contribution in [0.15, 0.2) is 36.5 Å². The largest absolute Gasteiger partial charge is 0.453 e. The summed E-state index contributed by atoms with van der Waals surface area (Å²) in [5.41, 5.74) is 4.13. The molecule has 0 spiro atoms. The molecule has 0 atom stereocenters. The Kier molecular flexibility index (Phi) is 4.72. The number of ether oxygens (including phenoxy) is 1. The first kappa shape index (κ1) is 17.2. The quantitative estimate of drug-likeness (QED) is 0.829. The summed E-state index contributed by atoms with van der Waals surface area (Å²) < 4.78 is 7.06. The highest BCUT2D eigenvalue weighted by atomic mass is 16.5. The van der Waals surface area contributed by atoms with Gasteiger partial charge in [0.25, 0.3) is 0 Å². The number of aromatic nitrogens is 1. The van der Waals surface area contributed by atoms with E-state index >= 15 is 0 Å². The minimum Gasteiger partial charge on any atom is -0.453 e. The second-order valence-corrected chi connectivity index (χ2v) is 7.33. The van der Waals surface area contributed by atoms with Crippen molar-refractivity contribution in [1.82, 2.24) is 14.4 Å². The molecule has 0 saturated carbocycles. The number of aryl methyl sites for hydroxylation is 1. The number of rotatable bonds is 2. The van der Waals surface area contributed by atoms with Crippen LogP contribution in [0.3, 0.4) is 0 Å². The van der Waals surface area contributed by atoms with E-state index in [1.807, 2.05) is 4.90 Å². The molecule has 1 amide bonds. The van der Waals surface area contributed by atoms with Gasteiger partial charge in [0.2, 0.25) is 0 Å². The predicted molar refractivity (Wildman–Crippen MR) is 104 cm³/mol. The van der Waals surface area contributed by atoms with Crippen LogP contribution in [0.4, 0.5) is 4.79 Å². The highest BCUT2D eigenvalue weighted by Crippen LogP contribution is 2.31. The molecule has 0 unspecified atom stereocenters. The molecule has 5 nitrogen and oxygen atoms in total. The zero-order valence-corrected chi connectivity index (χ0v) is 15.6. The second kappa shape index (κ2) is 7.16. The summed E-state index contributed by atoms with van der Waals surface area (Å²) in [6.07, 6.45) is 7.63. The van der Waals surface area contributed by atoms with Crippen molar-refractivity contribution >= 4 is 22.6 Å². The van der Waals surface area contributed by atoms with E-state index in [0.717, 1.165) is 45.4 Å². The van der Waals surface area contributed by atoms with Crippen LogP contribution in [0.1, 0.15) is 24.8 Å². The molecule has 1 saturated heterocycles. The molecule has 26 heavy (non-hydrogen) atoms. The van der Waals surface area contributed by atoms with E-state index in [4.69, 9.17) is 4.74 Å². The zero-order chi connectivity index (χ0) is 18.1. The van der Waals surface area contributed by atoms with Crippen molar-refractivity contribution in [3.63, 3.8) is 0 Å². The van der Waals surface area contributed by atoms with Gasteiger partial charge in [-0.25, -0.2) is 4.79 Å². The monoisotopic (exact) mass is 353 g/mol. The van der Waals surface area contributed by atoms with Crippen LogP contribution in [0.5, 0.6) is 0 Å². The molecule has 138 valence electrons. The summed E-state index contributed by atoms with van der Waals surface area (Å²) >= 11 is 0. The first-order chi connectivity index (χ1) is 12.7. The molecule has 5 heteroatoms. The van der Waals surface area contributed by atoms with Crippen molar-refractivity contribution < 1.29 is 9.53 Å². The molecule has 0 radical (unpaired) electrons. The Labute approximate surface area is 154 Å². The van der Waals surface area contributed by atoms with Crippen LogP contribution in [-0.4, -0.2) is 59.8 Å². The van der Waals surface area contributed by atoms with Crippen molar-refractivity contribution in [2.75, 3.05) is 33.3 Å². The third kappa shape index (κ3) is 3.12. The second-order valence-electron chi connectivity index (χ2n) is 7.33. The molecule has 1 aromatic carbocycles. The Morgan fingerprint density at radius 1 is 1.15 bits per heavy atom. The van der Waals surface area contributed by atoms with Gasteiger partial charge in [-0.15, -0.1) is 0 Å². The summed E-state index contributed by atoms with van der Waals surface area (Å²) in [7, 11) is 3.58. The van der Waals surface area contributed by atoms with E-state index in [9.17, 15) is 4.79 Å². The van der Waals surface area contributed by atoms with Gasteiger partial charge in [-0.1, -0.05) is 24.3 Å². The summed E-state index contributed by atoms with van der Waals surface area (Å²) in [6, 6.07) is 9.20. The molecule has 2 aliphatic rings. The summed E-state index contributed by atoms with van der Waals surface area (Å²) in [5, 5.41) is 1.35. The molecule has 0 N–H and O–H groups in total. The Morgan fingerprint density at radius 2 is 1.92 bits per heavy atom. The van der Waals surface area contributed by atoms with Crippen molar-refractivity contribution in [2.24, 2.45) is 7.05 Å². The summed E-state index contributed by atoms with van der Waals surface area (Å²) in [6.45, 7) is 3.70. The van der Waals surface area contributed by atoms with Gasteiger partial charge in [-0.3, -0.25) is 4.90 Å². The Bertz CT molecular complexity index is 831. The van der Waals surface area contributed by atoms with Crippen molar-refractivity contribution in [1.29, 1.82) is 0 Å². The number of nitrogens with zero attached hydrogens (tertiary/aromatic N) is 3. The fourth-order valence-electron chi connectivity index (χ4n) is 4.40. The minimum atomic E-state index is -0.194. The molecule has 0 aliphatic carbocycles. The average Bonchev–Trinajstić information content (AvgIpc) is 3.05. The van der Waals surface area contributed by atoms with Crippen molar-refractivity contribution in [2.45, 2.75) is 25.3 Å². The number of amides is 1. The third-order valence-corrected chi connectivity index (χ3v) is 5.90. The number of carbonyl (C=O) groups excluding carboxylic acids is 1. The number of para-hydroxylation sites is 1. The van der Waals surface area contributed by atoms with Gasteiger partial charge in [-0.05, 0) is 30.9 Å². The Balaban J connectivity index is 1.43. The van der Waals surface area contributed by atoms with Gasteiger partial charge in [0, 0.05) is 61.9 Å². The van der Waals surface area contributed by atoms with E-state index in [-0.39, 0.29) is 6.09 Å². The molecule has 2 aliphatic heterocycles. The standard InChI is InChI=1S/C21H27N3O2/c1-22-15-19(18-5-3-4-6-20(18)22)16-7-11-23(12-8-16)17-9-13-24(14-10-17)21(25)26-2/h3-7,15,17H,8-14H2,1-2H3. The number of carbonyl (C=O) groups is 1. The van der Waals surface area contributed by atoms with Crippen molar-refractivity contribution in [3.05, 3.63) is 42.1 Å². The molecule has 1 fully saturated rings. The van der Waals surface area contributed by atoms with Crippen LogP contribution >= 0.6 is 0 Å². The lowest BCUT2D eigenvalue weighted by atomic mass is 9.96. The lowest BCUT2D eigenvalue weighted by molar-refractivity contribution is 0.0875. The summed E-state index contributed by atoms with van der Waals surface area (Å²) in [4.78, 5) is 16.0. The van der Waals surface area contributed by atoms with Gasteiger partial charge >= 0.3 is 6.09 Å². The highest BCUT2D eigenvalue weighted by molar-refractivity contribution is 5.93. The maximum atomic E-state index is 11.6. The molecular formula is C21H27N3O2.